The van der Waals surface area contributed by atoms with Gasteiger partial charge in [0.2, 0.25) is 0 Å². The summed E-state index contributed by atoms with van der Waals surface area (Å²) in [6.07, 6.45) is 0.414. The molecular weight excluding hydrogens is 132 g/mol. The zero-order valence-electron chi connectivity index (χ0n) is 5.89. The van der Waals surface area contributed by atoms with Crippen LogP contribution < -0.4 is 5.32 Å². The Labute approximate surface area is 59.8 Å². The molecule has 10 heavy (non-hydrogen) atoms. The molecule has 0 spiro atoms. The van der Waals surface area contributed by atoms with E-state index in [4.69, 9.17) is 5.26 Å². The van der Waals surface area contributed by atoms with Gasteiger partial charge in [0.1, 0.15) is 0 Å². The smallest absolute Gasteiger partial charge is 0.319 e. The SMILES string of the molecule is COC(=O)CNCCC#N. The Morgan fingerprint density at radius 1 is 1.80 bits per heavy atom. The number of hydrogen-bond donors (Lipinski definition) is 1. The van der Waals surface area contributed by atoms with E-state index in [0.717, 1.165) is 0 Å². The third-order valence-electron chi connectivity index (χ3n) is 0.911. The summed E-state index contributed by atoms with van der Waals surface area (Å²) < 4.78 is 4.35. The average molecular weight is 142 g/mol. The Kier molecular flexibility index (Phi) is 5.39. The second kappa shape index (κ2) is 6.05. The fourth-order valence-corrected chi connectivity index (χ4v) is 0.407. The molecule has 0 amide bonds. The van der Waals surface area contributed by atoms with E-state index in [0.29, 0.717) is 13.0 Å². The number of carbonyl (C=O) groups excluding carboxylic acids is 1. The predicted molar refractivity (Wildman–Crippen MR) is 35.1 cm³/mol. The van der Waals surface area contributed by atoms with Crippen LogP contribution >= 0.6 is 0 Å². The van der Waals surface area contributed by atoms with E-state index < -0.39 is 0 Å². The number of nitrogens with zero attached hydrogens (tertiary/aromatic N) is 1. The van der Waals surface area contributed by atoms with Crippen LogP contribution in [0.25, 0.3) is 0 Å². The average Bonchev–Trinajstić information content (AvgIpc) is 1.98. The molecule has 4 nitrogen and oxygen atoms in total. The van der Waals surface area contributed by atoms with Gasteiger partial charge in [-0.15, -0.1) is 0 Å². The van der Waals surface area contributed by atoms with E-state index >= 15 is 0 Å². The zero-order valence-corrected chi connectivity index (χ0v) is 5.89. The quantitative estimate of drug-likeness (QED) is 0.431. The van der Waals surface area contributed by atoms with Gasteiger partial charge >= 0.3 is 5.97 Å². The molecule has 0 atom stereocenters. The lowest BCUT2D eigenvalue weighted by molar-refractivity contribution is -0.139. The number of carbonyl (C=O) groups is 1. The summed E-state index contributed by atoms with van der Waals surface area (Å²) in [6, 6.07) is 1.94. The molecule has 0 aliphatic heterocycles. The first-order valence-corrected chi connectivity index (χ1v) is 2.95. The van der Waals surface area contributed by atoms with Crippen LogP contribution in [0, 0.1) is 11.3 Å². The van der Waals surface area contributed by atoms with E-state index in [1.54, 1.807) is 0 Å². The van der Waals surface area contributed by atoms with Crippen molar-refractivity contribution in [3.05, 3.63) is 0 Å². The van der Waals surface area contributed by atoms with Gasteiger partial charge in [-0.3, -0.25) is 4.79 Å². The minimum Gasteiger partial charge on any atom is -0.468 e. The number of ether oxygens (including phenoxy) is 1. The molecule has 56 valence electrons. The Hall–Kier alpha value is -1.08. The van der Waals surface area contributed by atoms with Crippen molar-refractivity contribution in [2.24, 2.45) is 0 Å². The summed E-state index contributed by atoms with van der Waals surface area (Å²) in [4.78, 5) is 10.4. The summed E-state index contributed by atoms with van der Waals surface area (Å²) in [5, 5.41) is 10.8. The molecule has 0 aliphatic rings. The van der Waals surface area contributed by atoms with Crippen LogP contribution in [0.3, 0.4) is 0 Å². The first kappa shape index (κ1) is 8.92. The number of nitrogens with one attached hydrogen (secondary N) is 1. The number of hydrogen-bond acceptors (Lipinski definition) is 4. The minimum atomic E-state index is -0.307. The predicted octanol–water partition coefficient (Wildman–Crippen LogP) is -0.337. The molecule has 0 saturated heterocycles. The molecule has 0 unspecified atom stereocenters. The first-order chi connectivity index (χ1) is 4.81. The zero-order chi connectivity index (χ0) is 7.82. The molecule has 1 N–H and O–H groups in total. The molecule has 0 fully saturated rings. The van der Waals surface area contributed by atoms with Crippen LogP contribution in [0.15, 0.2) is 0 Å². The maximum absolute atomic E-state index is 10.4. The summed E-state index contributed by atoms with van der Waals surface area (Å²) in [7, 11) is 1.33. The van der Waals surface area contributed by atoms with Gasteiger partial charge in [-0.2, -0.15) is 5.26 Å². The van der Waals surface area contributed by atoms with Gasteiger partial charge in [0.25, 0.3) is 0 Å². The van der Waals surface area contributed by atoms with Crippen LogP contribution in [0.4, 0.5) is 0 Å². The fraction of sp³-hybridized carbons (Fsp3) is 0.667. The van der Waals surface area contributed by atoms with Crippen molar-refractivity contribution >= 4 is 5.97 Å². The minimum absolute atomic E-state index is 0.179. The lowest BCUT2D eigenvalue weighted by atomic mass is 10.4. The van der Waals surface area contributed by atoms with Gasteiger partial charge in [-0.05, 0) is 0 Å². The highest BCUT2D eigenvalue weighted by Crippen LogP contribution is 1.72. The molecule has 0 heterocycles. The van der Waals surface area contributed by atoms with E-state index in [2.05, 4.69) is 10.1 Å². The fourth-order valence-electron chi connectivity index (χ4n) is 0.407. The van der Waals surface area contributed by atoms with E-state index in [1.807, 2.05) is 6.07 Å². The Balaban J connectivity index is 3.05. The van der Waals surface area contributed by atoms with Gasteiger partial charge in [0.15, 0.2) is 0 Å². The Morgan fingerprint density at radius 2 is 2.50 bits per heavy atom. The maximum atomic E-state index is 10.4. The second-order valence-electron chi connectivity index (χ2n) is 1.66. The molecule has 0 bridgehead atoms. The van der Waals surface area contributed by atoms with Gasteiger partial charge in [0, 0.05) is 13.0 Å². The molecule has 0 aromatic carbocycles. The van der Waals surface area contributed by atoms with Gasteiger partial charge in [0.05, 0.1) is 19.7 Å². The van der Waals surface area contributed by atoms with E-state index in [-0.39, 0.29) is 12.5 Å². The van der Waals surface area contributed by atoms with Crippen molar-refractivity contribution in [2.45, 2.75) is 6.42 Å². The second-order valence-corrected chi connectivity index (χ2v) is 1.66. The number of methoxy groups -OCH3 is 1. The Morgan fingerprint density at radius 3 is 3.00 bits per heavy atom. The summed E-state index contributed by atoms with van der Waals surface area (Å²) in [5.41, 5.74) is 0. The number of esters is 1. The lowest BCUT2D eigenvalue weighted by Crippen LogP contribution is -2.24. The van der Waals surface area contributed by atoms with Crippen molar-refractivity contribution in [1.29, 1.82) is 5.26 Å². The monoisotopic (exact) mass is 142 g/mol. The summed E-state index contributed by atoms with van der Waals surface area (Å²) >= 11 is 0. The van der Waals surface area contributed by atoms with Crippen molar-refractivity contribution in [2.75, 3.05) is 20.2 Å². The molecule has 0 aliphatic carbocycles. The van der Waals surface area contributed by atoms with Crippen LogP contribution in [-0.4, -0.2) is 26.2 Å². The van der Waals surface area contributed by atoms with Gasteiger partial charge in [-0.1, -0.05) is 0 Å². The Bertz CT molecular complexity index is 139. The first-order valence-electron chi connectivity index (χ1n) is 2.95. The highest BCUT2D eigenvalue weighted by Gasteiger charge is 1.95. The van der Waals surface area contributed by atoms with Gasteiger partial charge < -0.3 is 10.1 Å². The topological polar surface area (TPSA) is 62.1 Å². The van der Waals surface area contributed by atoms with Crippen LogP contribution in [-0.2, 0) is 9.53 Å². The van der Waals surface area contributed by atoms with Crippen molar-refractivity contribution in [3.8, 4) is 6.07 Å². The third-order valence-corrected chi connectivity index (χ3v) is 0.911. The standard InChI is InChI=1S/C6H10N2O2/c1-10-6(9)5-8-4-2-3-7/h8H,2,4-5H2,1H3. The van der Waals surface area contributed by atoms with Crippen molar-refractivity contribution in [3.63, 3.8) is 0 Å². The lowest BCUT2D eigenvalue weighted by Gasteiger charge is -1.98. The molecule has 0 aromatic heterocycles. The van der Waals surface area contributed by atoms with Gasteiger partial charge in [-0.25, -0.2) is 0 Å². The largest absolute Gasteiger partial charge is 0.468 e. The van der Waals surface area contributed by atoms with Crippen LogP contribution in [0.5, 0.6) is 0 Å². The molecule has 0 radical (unpaired) electrons. The molecular formula is C6H10N2O2. The third kappa shape index (κ3) is 5.06. The normalized spacial score (nSPS) is 8.40. The summed E-state index contributed by atoms with van der Waals surface area (Å²) in [6.45, 7) is 0.712. The maximum Gasteiger partial charge on any atom is 0.319 e. The summed E-state index contributed by atoms with van der Waals surface area (Å²) in [5.74, 6) is -0.307. The molecule has 4 heteroatoms. The van der Waals surface area contributed by atoms with E-state index in [9.17, 15) is 4.79 Å². The van der Waals surface area contributed by atoms with E-state index in [1.165, 1.54) is 7.11 Å². The van der Waals surface area contributed by atoms with Crippen molar-refractivity contribution in [1.82, 2.24) is 5.32 Å². The van der Waals surface area contributed by atoms with Crippen LogP contribution in [0.1, 0.15) is 6.42 Å². The van der Waals surface area contributed by atoms with Crippen LogP contribution in [0.2, 0.25) is 0 Å². The highest BCUT2D eigenvalue weighted by atomic mass is 16.5. The highest BCUT2D eigenvalue weighted by molar-refractivity contribution is 5.71. The molecule has 0 rings (SSSR count). The molecule has 0 aromatic rings. The number of rotatable bonds is 4. The number of nitriles is 1. The molecule has 0 saturated carbocycles. The van der Waals surface area contributed by atoms with Crippen molar-refractivity contribution < 1.29 is 9.53 Å².